The first-order chi connectivity index (χ1) is 9.31. The fourth-order valence-electron chi connectivity index (χ4n) is 1.87. The molecule has 0 spiro atoms. The van der Waals surface area contributed by atoms with E-state index in [9.17, 15) is 0 Å². The van der Waals surface area contributed by atoms with Gasteiger partial charge in [-0.25, -0.2) is 9.97 Å². The maximum absolute atomic E-state index is 4.40. The second kappa shape index (κ2) is 5.01. The van der Waals surface area contributed by atoms with Crippen molar-refractivity contribution in [2.24, 2.45) is 7.05 Å². The maximum Gasteiger partial charge on any atom is 0.180 e. The molecule has 3 rings (SSSR count). The van der Waals surface area contributed by atoms with Gasteiger partial charge in [0.25, 0.3) is 0 Å². The van der Waals surface area contributed by atoms with Gasteiger partial charge in [0.05, 0.1) is 5.69 Å². The van der Waals surface area contributed by atoms with Crippen LogP contribution in [-0.2, 0) is 13.5 Å². The van der Waals surface area contributed by atoms with E-state index in [0.29, 0.717) is 5.65 Å². The van der Waals surface area contributed by atoms with Crippen molar-refractivity contribution >= 4 is 17.0 Å². The summed E-state index contributed by atoms with van der Waals surface area (Å²) in [7, 11) is 1.92. The second-order valence-corrected chi connectivity index (χ2v) is 4.25. The van der Waals surface area contributed by atoms with Gasteiger partial charge in [-0.2, -0.15) is 5.10 Å². The number of pyridine rings is 1. The summed E-state index contributed by atoms with van der Waals surface area (Å²) in [6.45, 7) is 0.787. The van der Waals surface area contributed by atoms with Crippen LogP contribution in [0.2, 0.25) is 0 Å². The van der Waals surface area contributed by atoms with E-state index in [1.165, 1.54) is 0 Å². The number of aromatic nitrogens is 5. The van der Waals surface area contributed by atoms with Crippen LogP contribution in [0.15, 0.2) is 36.8 Å². The molecule has 0 aliphatic carbocycles. The number of fused-ring (bicyclic) bond motifs is 1. The molecule has 3 heterocycles. The van der Waals surface area contributed by atoms with Crippen LogP contribution in [0.4, 0.5) is 5.82 Å². The Hall–Kier alpha value is -2.50. The summed E-state index contributed by atoms with van der Waals surface area (Å²) in [4.78, 5) is 12.8. The average molecular weight is 254 g/mol. The van der Waals surface area contributed by atoms with Crippen molar-refractivity contribution in [2.45, 2.75) is 6.42 Å². The summed E-state index contributed by atoms with van der Waals surface area (Å²) in [5.74, 6) is 0.809. The summed E-state index contributed by atoms with van der Waals surface area (Å²) < 4.78 is 1.80. The predicted molar refractivity (Wildman–Crippen MR) is 72.7 cm³/mol. The lowest BCUT2D eigenvalue weighted by Gasteiger charge is -2.04. The minimum Gasteiger partial charge on any atom is -0.370 e. The number of hydrogen-bond donors (Lipinski definition) is 1. The first-order valence-corrected chi connectivity index (χ1v) is 6.11. The molecular formula is C13H14N6. The number of hydrogen-bond acceptors (Lipinski definition) is 5. The van der Waals surface area contributed by atoms with Gasteiger partial charge in [-0.05, 0) is 18.2 Å². The smallest absolute Gasteiger partial charge is 0.180 e. The molecule has 0 fully saturated rings. The fourth-order valence-corrected chi connectivity index (χ4v) is 1.87. The lowest BCUT2D eigenvalue weighted by atomic mass is 10.3. The SMILES string of the molecule is Cn1ccc(CCNc2ccc3nccnc3n2)n1. The normalized spacial score (nSPS) is 10.8. The van der Waals surface area contributed by atoms with Gasteiger partial charge in [-0.15, -0.1) is 0 Å². The molecule has 1 N–H and O–H groups in total. The van der Waals surface area contributed by atoms with Gasteiger partial charge in [-0.1, -0.05) is 0 Å². The van der Waals surface area contributed by atoms with E-state index in [0.717, 1.165) is 30.0 Å². The number of nitrogens with zero attached hydrogens (tertiary/aromatic N) is 5. The Labute approximate surface area is 110 Å². The molecule has 19 heavy (non-hydrogen) atoms. The van der Waals surface area contributed by atoms with Crippen LogP contribution in [-0.4, -0.2) is 31.3 Å². The summed E-state index contributed by atoms with van der Waals surface area (Å²) in [6.07, 6.45) is 6.12. The van der Waals surface area contributed by atoms with Crippen LogP contribution in [0.5, 0.6) is 0 Å². The van der Waals surface area contributed by atoms with E-state index in [2.05, 4.69) is 25.4 Å². The molecule has 0 unspecified atom stereocenters. The molecule has 3 aromatic rings. The van der Waals surface area contributed by atoms with Gasteiger partial charge in [0, 0.05) is 38.6 Å². The lowest BCUT2D eigenvalue weighted by Crippen LogP contribution is -2.07. The molecular weight excluding hydrogens is 240 g/mol. The van der Waals surface area contributed by atoms with Gasteiger partial charge in [0.1, 0.15) is 11.3 Å². The average Bonchev–Trinajstić information content (AvgIpc) is 2.84. The van der Waals surface area contributed by atoms with Crippen molar-refractivity contribution in [3.8, 4) is 0 Å². The molecule has 0 saturated carbocycles. The van der Waals surface area contributed by atoms with Gasteiger partial charge < -0.3 is 5.32 Å². The van der Waals surface area contributed by atoms with E-state index in [1.54, 1.807) is 17.1 Å². The highest BCUT2D eigenvalue weighted by Gasteiger charge is 2.00. The first kappa shape index (κ1) is 11.6. The van der Waals surface area contributed by atoms with Crippen LogP contribution in [0, 0.1) is 0 Å². The Bertz CT molecular complexity index is 690. The maximum atomic E-state index is 4.40. The highest BCUT2D eigenvalue weighted by atomic mass is 15.2. The molecule has 6 nitrogen and oxygen atoms in total. The van der Waals surface area contributed by atoms with Crippen LogP contribution in [0.1, 0.15) is 5.69 Å². The Morgan fingerprint density at radius 3 is 2.89 bits per heavy atom. The Kier molecular flexibility index (Phi) is 3.06. The van der Waals surface area contributed by atoms with Crippen LogP contribution < -0.4 is 5.32 Å². The molecule has 6 heteroatoms. The third kappa shape index (κ3) is 2.67. The third-order valence-electron chi connectivity index (χ3n) is 2.79. The largest absolute Gasteiger partial charge is 0.370 e. The standard InChI is InChI=1S/C13H14N6/c1-19-9-5-10(18-19)4-6-15-12-3-2-11-13(17-12)16-8-7-14-11/h2-3,5,7-9H,4,6H2,1H3,(H,15,16,17). The van der Waals surface area contributed by atoms with Crippen molar-refractivity contribution in [3.05, 3.63) is 42.5 Å². The minimum absolute atomic E-state index is 0.658. The molecule has 0 radical (unpaired) electrons. The molecule has 3 aromatic heterocycles. The van der Waals surface area contributed by atoms with Gasteiger partial charge in [0.15, 0.2) is 5.65 Å². The van der Waals surface area contributed by atoms with Gasteiger partial charge in [-0.3, -0.25) is 9.67 Å². The van der Waals surface area contributed by atoms with Gasteiger partial charge >= 0.3 is 0 Å². The Balaban J connectivity index is 1.65. The van der Waals surface area contributed by atoms with Crippen molar-refractivity contribution in [1.29, 1.82) is 0 Å². The molecule has 0 atom stereocenters. The van der Waals surface area contributed by atoms with Gasteiger partial charge in [0.2, 0.25) is 0 Å². The summed E-state index contributed by atoms with van der Waals surface area (Å²) in [5.41, 5.74) is 2.53. The minimum atomic E-state index is 0.658. The third-order valence-corrected chi connectivity index (χ3v) is 2.79. The Morgan fingerprint density at radius 1 is 1.16 bits per heavy atom. The van der Waals surface area contributed by atoms with Crippen LogP contribution >= 0.6 is 0 Å². The number of nitrogens with one attached hydrogen (secondary N) is 1. The quantitative estimate of drug-likeness (QED) is 0.762. The molecule has 96 valence electrons. The van der Waals surface area contributed by atoms with E-state index in [1.807, 2.05) is 31.4 Å². The fraction of sp³-hybridized carbons (Fsp3) is 0.231. The summed E-state index contributed by atoms with van der Waals surface area (Å²) in [6, 6.07) is 5.84. The number of aryl methyl sites for hydroxylation is 1. The topological polar surface area (TPSA) is 68.5 Å². The second-order valence-electron chi connectivity index (χ2n) is 4.25. The summed E-state index contributed by atoms with van der Waals surface area (Å²) in [5, 5.41) is 7.59. The highest BCUT2D eigenvalue weighted by Crippen LogP contribution is 2.10. The predicted octanol–water partition coefficient (Wildman–Crippen LogP) is 1.41. The first-order valence-electron chi connectivity index (χ1n) is 6.11. The molecule has 0 aromatic carbocycles. The van der Waals surface area contributed by atoms with Crippen molar-refractivity contribution < 1.29 is 0 Å². The zero-order valence-corrected chi connectivity index (χ0v) is 10.6. The molecule has 0 bridgehead atoms. The van der Waals surface area contributed by atoms with Crippen LogP contribution in [0.25, 0.3) is 11.2 Å². The monoisotopic (exact) mass is 254 g/mol. The van der Waals surface area contributed by atoms with E-state index in [-0.39, 0.29) is 0 Å². The van der Waals surface area contributed by atoms with Crippen LogP contribution in [0.3, 0.4) is 0 Å². The van der Waals surface area contributed by atoms with Crippen molar-refractivity contribution in [3.63, 3.8) is 0 Å². The highest BCUT2D eigenvalue weighted by molar-refractivity contribution is 5.71. The molecule has 0 saturated heterocycles. The summed E-state index contributed by atoms with van der Waals surface area (Å²) >= 11 is 0. The molecule has 0 aliphatic heterocycles. The zero-order valence-electron chi connectivity index (χ0n) is 10.6. The van der Waals surface area contributed by atoms with Crippen molar-refractivity contribution in [2.75, 3.05) is 11.9 Å². The van der Waals surface area contributed by atoms with E-state index in [4.69, 9.17) is 0 Å². The number of anilines is 1. The molecule has 0 aliphatic rings. The van der Waals surface area contributed by atoms with Crippen molar-refractivity contribution in [1.82, 2.24) is 24.7 Å². The van der Waals surface area contributed by atoms with E-state index >= 15 is 0 Å². The molecule has 0 amide bonds. The zero-order chi connectivity index (χ0) is 13.1. The Morgan fingerprint density at radius 2 is 2.05 bits per heavy atom. The van der Waals surface area contributed by atoms with E-state index < -0.39 is 0 Å². The lowest BCUT2D eigenvalue weighted by molar-refractivity contribution is 0.742. The number of rotatable bonds is 4.